The molecule has 0 fully saturated rings. The zero-order valence-corrected chi connectivity index (χ0v) is 36.1. The van der Waals surface area contributed by atoms with Crippen molar-refractivity contribution in [3.8, 4) is 5.75 Å². The maximum absolute atomic E-state index is 14.4. The van der Waals surface area contributed by atoms with Crippen molar-refractivity contribution < 1.29 is 43.0 Å². The molecule has 6 amide bonds. The molecule has 3 heterocycles. The van der Waals surface area contributed by atoms with Gasteiger partial charge in [-0.3, -0.25) is 33.6 Å². The van der Waals surface area contributed by atoms with Crippen LogP contribution in [0.5, 0.6) is 5.75 Å². The van der Waals surface area contributed by atoms with Gasteiger partial charge in [0.2, 0.25) is 23.6 Å². The molecule has 0 saturated carbocycles. The summed E-state index contributed by atoms with van der Waals surface area (Å²) in [5.74, 6) is -4.30. The molecule has 0 bridgehead atoms. The van der Waals surface area contributed by atoms with Gasteiger partial charge in [0.25, 0.3) is 11.8 Å². The zero-order chi connectivity index (χ0) is 45.1. The number of aromatic amines is 2. The molecule has 5 aromatic rings. The molecular weight excluding hydrogens is 819 g/mol. The van der Waals surface area contributed by atoms with Gasteiger partial charge in [0.05, 0.1) is 31.0 Å². The Morgan fingerprint density at radius 3 is 2.24 bits per heavy atom. The van der Waals surface area contributed by atoms with Gasteiger partial charge < -0.3 is 50.9 Å². The molecule has 0 aliphatic carbocycles. The van der Waals surface area contributed by atoms with E-state index < -0.39 is 66.1 Å². The van der Waals surface area contributed by atoms with E-state index >= 15 is 0 Å². The fraction of sp³-hybridized carbons (Fsp3) is 0.349. The van der Waals surface area contributed by atoms with Crippen molar-refractivity contribution in [2.24, 2.45) is 0 Å². The summed E-state index contributed by atoms with van der Waals surface area (Å²) in [6.45, 7) is 9.63. The molecule has 0 radical (unpaired) electrons. The van der Waals surface area contributed by atoms with Gasteiger partial charge in [0, 0.05) is 65.4 Å². The molecule has 62 heavy (non-hydrogen) atoms. The van der Waals surface area contributed by atoms with Gasteiger partial charge in [-0.1, -0.05) is 44.7 Å². The molecule has 2 aromatic carbocycles. The second-order valence-electron chi connectivity index (χ2n) is 14.7. The molecule has 7 N–H and O–H groups in total. The van der Waals surface area contributed by atoms with Crippen molar-refractivity contribution >= 4 is 74.6 Å². The quantitative estimate of drug-likeness (QED) is 0.0445. The smallest absolute Gasteiger partial charge is 0.325 e. The number of amides is 6. The maximum atomic E-state index is 14.4. The highest BCUT2D eigenvalue weighted by atomic mass is 32.1. The van der Waals surface area contributed by atoms with Gasteiger partial charge in [-0.05, 0) is 43.2 Å². The van der Waals surface area contributed by atoms with Crippen molar-refractivity contribution in [2.45, 2.75) is 64.6 Å². The summed E-state index contributed by atoms with van der Waals surface area (Å²) in [5.41, 5.74) is 2.74. The van der Waals surface area contributed by atoms with Crippen molar-refractivity contribution in [2.75, 3.05) is 33.9 Å². The number of methoxy groups -OCH3 is 1. The summed E-state index contributed by atoms with van der Waals surface area (Å²) in [7, 11) is 2.85. The monoisotopic (exact) mass is 869 g/mol. The third-order valence-corrected chi connectivity index (χ3v) is 10.9. The first kappa shape index (κ1) is 46.1. The molecule has 0 spiro atoms. The highest BCUT2D eigenvalue weighted by Gasteiger charge is 2.31. The number of carbonyl (C=O) groups is 7. The van der Waals surface area contributed by atoms with Crippen molar-refractivity contribution in [3.63, 3.8) is 0 Å². The van der Waals surface area contributed by atoms with Crippen LogP contribution < -0.4 is 31.3 Å². The predicted molar refractivity (Wildman–Crippen MR) is 232 cm³/mol. The fourth-order valence-corrected chi connectivity index (χ4v) is 7.35. The number of para-hydroxylation sites is 1. The van der Waals surface area contributed by atoms with Crippen LogP contribution in [0.25, 0.3) is 21.8 Å². The molecule has 328 valence electrons. The summed E-state index contributed by atoms with van der Waals surface area (Å²) in [5, 5.41) is 16.9. The molecule has 19 heteroatoms. The average molecular weight is 870 g/mol. The lowest BCUT2D eigenvalue weighted by Gasteiger charge is -2.23. The summed E-state index contributed by atoms with van der Waals surface area (Å²) in [6, 6.07) is 9.28. The third-order valence-electron chi connectivity index (χ3n) is 9.74. The lowest BCUT2D eigenvalue weighted by atomic mass is 10.0. The average Bonchev–Trinajstić information content (AvgIpc) is 4.01. The van der Waals surface area contributed by atoms with Gasteiger partial charge in [-0.2, -0.15) is 0 Å². The first-order valence-electron chi connectivity index (χ1n) is 19.8. The van der Waals surface area contributed by atoms with Crippen LogP contribution in [0.15, 0.2) is 72.5 Å². The number of hydrogen-bond acceptors (Lipinski definition) is 11. The van der Waals surface area contributed by atoms with Gasteiger partial charge in [-0.15, -0.1) is 11.3 Å². The Labute approximate surface area is 361 Å². The molecule has 0 saturated heterocycles. The van der Waals surface area contributed by atoms with Crippen LogP contribution in [-0.4, -0.2) is 113 Å². The molecule has 0 aliphatic heterocycles. The molecule has 3 aromatic heterocycles. The molecule has 3 atom stereocenters. The fourth-order valence-electron chi connectivity index (χ4n) is 6.53. The lowest BCUT2D eigenvalue weighted by Crippen LogP contribution is -2.56. The second kappa shape index (κ2) is 21.0. The van der Waals surface area contributed by atoms with Crippen LogP contribution in [0.3, 0.4) is 0 Å². The van der Waals surface area contributed by atoms with E-state index in [0.29, 0.717) is 16.7 Å². The molecule has 18 nitrogen and oxygen atoms in total. The van der Waals surface area contributed by atoms with Crippen LogP contribution in [-0.2, 0) is 46.3 Å². The van der Waals surface area contributed by atoms with Crippen LogP contribution in [0.1, 0.15) is 60.2 Å². The van der Waals surface area contributed by atoms with E-state index in [1.54, 1.807) is 36.8 Å². The SMILES string of the molecule is C=C(NC(=O)[C@@H](C)NC(=O)CNC(=O)[C@H](Cc1c[nH]c2cccc(OC)c12)NC(=O)[C@H](Cc1c[nH]c2ccccc12)NC(=O)c1csc(C(C)C)n1)C(=O)N(C)CC(=O)OCC. The summed E-state index contributed by atoms with van der Waals surface area (Å²) in [6.07, 6.45) is 3.45. The van der Waals surface area contributed by atoms with Crippen LogP contribution >= 0.6 is 11.3 Å². The number of esters is 1. The minimum atomic E-state index is -1.28. The Balaban J connectivity index is 1.32. The number of H-pyrrole nitrogens is 2. The van der Waals surface area contributed by atoms with E-state index in [-0.39, 0.29) is 43.3 Å². The highest BCUT2D eigenvalue weighted by molar-refractivity contribution is 7.09. The highest BCUT2D eigenvalue weighted by Crippen LogP contribution is 2.29. The minimum Gasteiger partial charge on any atom is -0.496 e. The third kappa shape index (κ3) is 11.6. The molecular formula is C43H51N9O9S. The van der Waals surface area contributed by atoms with Crippen LogP contribution in [0.4, 0.5) is 0 Å². The Bertz CT molecular complexity index is 2470. The summed E-state index contributed by atoms with van der Waals surface area (Å²) >= 11 is 1.34. The molecule has 0 unspecified atom stereocenters. The largest absolute Gasteiger partial charge is 0.496 e. The predicted octanol–water partition coefficient (Wildman–Crippen LogP) is 2.58. The Morgan fingerprint density at radius 1 is 0.855 bits per heavy atom. The molecule has 0 aliphatic rings. The van der Waals surface area contributed by atoms with Crippen molar-refractivity contribution in [1.29, 1.82) is 0 Å². The first-order chi connectivity index (χ1) is 29.6. The summed E-state index contributed by atoms with van der Waals surface area (Å²) in [4.78, 5) is 104. The molecule has 5 rings (SSSR count). The number of nitrogens with zero attached hydrogens (tertiary/aromatic N) is 2. The number of likely N-dealkylation sites (N-methyl/N-ethyl adjacent to an activating group) is 1. The minimum absolute atomic E-state index is 0.0556. The zero-order valence-electron chi connectivity index (χ0n) is 35.3. The van der Waals surface area contributed by atoms with Gasteiger partial charge in [0.15, 0.2) is 0 Å². The van der Waals surface area contributed by atoms with Crippen LogP contribution in [0.2, 0.25) is 0 Å². The number of aromatic nitrogens is 3. The van der Waals surface area contributed by atoms with Crippen molar-refractivity contribution in [1.82, 2.24) is 46.4 Å². The normalized spacial score (nSPS) is 12.5. The topological polar surface area (TPSA) is 246 Å². The Morgan fingerprint density at radius 2 is 1.53 bits per heavy atom. The van der Waals surface area contributed by atoms with Gasteiger partial charge in [-0.25, -0.2) is 4.98 Å². The number of thiazole rings is 1. The first-order valence-corrected chi connectivity index (χ1v) is 20.7. The Kier molecular flexibility index (Phi) is 15.6. The number of fused-ring (bicyclic) bond motifs is 2. The van der Waals surface area contributed by atoms with E-state index in [2.05, 4.69) is 48.1 Å². The van der Waals surface area contributed by atoms with E-state index in [4.69, 9.17) is 9.47 Å². The van der Waals surface area contributed by atoms with Crippen molar-refractivity contribution in [3.05, 3.63) is 94.3 Å². The maximum Gasteiger partial charge on any atom is 0.325 e. The number of ether oxygens (including phenoxy) is 2. The van der Waals surface area contributed by atoms with Gasteiger partial charge >= 0.3 is 5.97 Å². The number of carbonyl (C=O) groups excluding carboxylic acids is 7. The summed E-state index contributed by atoms with van der Waals surface area (Å²) < 4.78 is 10.4. The van der Waals surface area contributed by atoms with E-state index in [1.807, 2.05) is 44.2 Å². The second-order valence-corrected chi connectivity index (χ2v) is 15.6. The number of rotatable bonds is 20. The lowest BCUT2D eigenvalue weighted by molar-refractivity contribution is -0.147. The number of nitrogens with one attached hydrogen (secondary N) is 7. The van der Waals surface area contributed by atoms with E-state index in [1.165, 1.54) is 32.4 Å². The van der Waals surface area contributed by atoms with Crippen LogP contribution in [0, 0.1) is 0 Å². The standard InChI is InChI=1S/C43H51N9O9S/c1-8-61-36(54)21-52(6)43(59)25(5)48-38(55)24(4)47-35(53)20-46-39(56)31(17-27-19-45-30-14-11-15-34(60-7)37(27)30)49-40(57)32(16-26-18-44-29-13-10-9-12-28(26)29)50-41(58)33-22-62-42(51-33)23(2)3/h9-15,18-19,22-24,31-32,44-45H,5,8,16-17,20-21H2,1-4,6-7H3,(H,46,56)(H,47,53)(H,48,55)(H,49,57)(H,50,58)/t24-,31+,32+/m1/s1. The van der Waals surface area contributed by atoms with Gasteiger partial charge in [0.1, 0.15) is 36.1 Å². The number of hydrogen-bond donors (Lipinski definition) is 7. The Hall–Kier alpha value is -7.02. The van der Waals surface area contributed by atoms with E-state index in [0.717, 1.165) is 31.9 Å². The van der Waals surface area contributed by atoms with E-state index in [9.17, 15) is 33.6 Å². The number of benzene rings is 2.